The summed E-state index contributed by atoms with van der Waals surface area (Å²) in [5, 5.41) is 0. The molecule has 0 spiro atoms. The van der Waals surface area contributed by atoms with Gasteiger partial charge in [-0.05, 0) is 57.8 Å². The van der Waals surface area contributed by atoms with Gasteiger partial charge in [-0.2, -0.15) is 0 Å². The Labute approximate surface area is 129 Å². The summed E-state index contributed by atoms with van der Waals surface area (Å²) in [6, 6.07) is 1.18. The summed E-state index contributed by atoms with van der Waals surface area (Å²) >= 11 is 0. The molecule has 2 N–H and O–H groups in total. The highest BCUT2D eigenvalue weighted by Crippen LogP contribution is 2.35. The Morgan fingerprint density at radius 1 is 1.05 bits per heavy atom. The van der Waals surface area contributed by atoms with E-state index in [4.69, 9.17) is 5.73 Å². The summed E-state index contributed by atoms with van der Waals surface area (Å²) in [7, 11) is 0. The molecule has 21 heavy (non-hydrogen) atoms. The van der Waals surface area contributed by atoms with Gasteiger partial charge in [0, 0.05) is 31.2 Å². The minimum atomic E-state index is 0.335. The van der Waals surface area contributed by atoms with Crippen LogP contribution < -0.4 is 5.73 Å². The average Bonchev–Trinajstić information content (AvgIpc) is 2.82. The highest BCUT2D eigenvalue weighted by molar-refractivity contribution is 5.79. The number of rotatable bonds is 2. The molecule has 0 aromatic carbocycles. The molecule has 0 radical (unpaired) electrons. The van der Waals surface area contributed by atoms with Crippen molar-refractivity contribution in [2.75, 3.05) is 19.6 Å². The number of hydrogen-bond acceptors (Lipinski definition) is 3. The number of fused-ring (bicyclic) bond motifs is 1. The Morgan fingerprint density at radius 2 is 1.71 bits per heavy atom. The fourth-order valence-electron chi connectivity index (χ4n) is 4.92. The van der Waals surface area contributed by atoms with Gasteiger partial charge in [0.2, 0.25) is 5.91 Å². The van der Waals surface area contributed by atoms with Gasteiger partial charge < -0.3 is 10.6 Å². The van der Waals surface area contributed by atoms with Gasteiger partial charge in [0.1, 0.15) is 0 Å². The predicted molar refractivity (Wildman–Crippen MR) is 84.9 cm³/mol. The molecule has 5 atom stereocenters. The van der Waals surface area contributed by atoms with E-state index in [1.165, 1.54) is 25.7 Å². The molecular formula is C17H31N3O. The first-order valence-corrected chi connectivity index (χ1v) is 8.85. The Balaban J connectivity index is 1.58. The second kappa shape index (κ2) is 6.25. The number of piperidine rings is 1. The highest BCUT2D eigenvalue weighted by atomic mass is 16.2. The molecule has 5 unspecified atom stereocenters. The van der Waals surface area contributed by atoms with Crippen molar-refractivity contribution in [3.63, 3.8) is 0 Å². The van der Waals surface area contributed by atoms with Crippen LogP contribution in [-0.2, 0) is 4.79 Å². The number of nitrogens with zero attached hydrogens (tertiary/aromatic N) is 2. The van der Waals surface area contributed by atoms with Crippen molar-refractivity contribution in [1.29, 1.82) is 0 Å². The Morgan fingerprint density at radius 3 is 2.38 bits per heavy atom. The quantitative estimate of drug-likeness (QED) is 0.845. The van der Waals surface area contributed by atoms with Crippen molar-refractivity contribution in [2.45, 2.75) is 70.5 Å². The smallest absolute Gasteiger partial charge is 0.237 e. The van der Waals surface area contributed by atoms with Crippen LogP contribution in [0.25, 0.3) is 0 Å². The molecule has 3 rings (SSSR count). The molecule has 0 aromatic heterocycles. The third-order valence-electron chi connectivity index (χ3n) is 6.07. The van der Waals surface area contributed by atoms with E-state index in [1.54, 1.807) is 0 Å². The third kappa shape index (κ3) is 3.11. The zero-order valence-electron chi connectivity index (χ0n) is 13.6. The average molecular weight is 293 g/mol. The van der Waals surface area contributed by atoms with Crippen LogP contribution in [0, 0.1) is 11.8 Å². The van der Waals surface area contributed by atoms with Crippen LogP contribution >= 0.6 is 0 Å². The van der Waals surface area contributed by atoms with Crippen LogP contribution in [0.4, 0.5) is 0 Å². The molecule has 1 aliphatic carbocycles. The molecular weight excluding hydrogens is 262 g/mol. The van der Waals surface area contributed by atoms with Crippen LogP contribution in [-0.4, -0.2) is 53.5 Å². The van der Waals surface area contributed by atoms with E-state index in [1.807, 2.05) is 0 Å². The molecule has 2 saturated heterocycles. The van der Waals surface area contributed by atoms with Gasteiger partial charge in [-0.3, -0.25) is 9.69 Å². The topological polar surface area (TPSA) is 49.6 Å². The van der Waals surface area contributed by atoms with Gasteiger partial charge in [-0.15, -0.1) is 0 Å². The molecule has 2 aliphatic heterocycles. The second-order valence-corrected chi connectivity index (χ2v) is 7.64. The lowest BCUT2D eigenvalue weighted by molar-refractivity contribution is -0.138. The fourth-order valence-corrected chi connectivity index (χ4v) is 4.92. The molecule has 4 heteroatoms. The fraction of sp³-hybridized carbons (Fsp3) is 0.941. The first kappa shape index (κ1) is 15.3. The molecule has 3 fully saturated rings. The molecule has 2 heterocycles. The lowest BCUT2D eigenvalue weighted by atomic mass is 9.78. The minimum Gasteiger partial charge on any atom is -0.336 e. The van der Waals surface area contributed by atoms with E-state index in [0.717, 1.165) is 31.8 Å². The van der Waals surface area contributed by atoms with Crippen LogP contribution in [0.3, 0.4) is 0 Å². The maximum Gasteiger partial charge on any atom is 0.237 e. The SMILES string of the molecule is CC1CCCC(C)N1C(=O)CN1CC2CCCC(N)C2C1. The lowest BCUT2D eigenvalue weighted by Crippen LogP contribution is -2.51. The summed E-state index contributed by atoms with van der Waals surface area (Å²) < 4.78 is 0. The van der Waals surface area contributed by atoms with Crippen LogP contribution in [0.1, 0.15) is 52.4 Å². The zero-order valence-corrected chi connectivity index (χ0v) is 13.6. The summed E-state index contributed by atoms with van der Waals surface area (Å²) in [6.45, 7) is 7.13. The molecule has 0 aromatic rings. The van der Waals surface area contributed by atoms with Gasteiger partial charge in [0.25, 0.3) is 0 Å². The number of likely N-dealkylation sites (tertiary alicyclic amines) is 2. The van der Waals surface area contributed by atoms with Gasteiger partial charge in [0.05, 0.1) is 6.54 Å². The van der Waals surface area contributed by atoms with Crippen molar-refractivity contribution in [1.82, 2.24) is 9.80 Å². The first-order valence-electron chi connectivity index (χ1n) is 8.85. The Bertz CT molecular complexity index is 376. The van der Waals surface area contributed by atoms with E-state index in [2.05, 4.69) is 23.6 Å². The molecule has 1 amide bonds. The van der Waals surface area contributed by atoms with Gasteiger partial charge in [-0.1, -0.05) is 6.42 Å². The van der Waals surface area contributed by atoms with E-state index < -0.39 is 0 Å². The largest absolute Gasteiger partial charge is 0.336 e. The third-order valence-corrected chi connectivity index (χ3v) is 6.07. The number of hydrogen-bond donors (Lipinski definition) is 1. The predicted octanol–water partition coefficient (Wildman–Crippen LogP) is 1.84. The van der Waals surface area contributed by atoms with Gasteiger partial charge in [-0.25, -0.2) is 0 Å². The van der Waals surface area contributed by atoms with E-state index in [-0.39, 0.29) is 0 Å². The van der Waals surface area contributed by atoms with Crippen LogP contribution in [0.15, 0.2) is 0 Å². The Hall–Kier alpha value is -0.610. The van der Waals surface area contributed by atoms with Crippen LogP contribution in [0.2, 0.25) is 0 Å². The summed E-state index contributed by atoms with van der Waals surface area (Å²) in [5.74, 6) is 1.70. The van der Waals surface area contributed by atoms with E-state index >= 15 is 0 Å². The Kier molecular flexibility index (Phi) is 4.55. The van der Waals surface area contributed by atoms with Gasteiger partial charge in [0.15, 0.2) is 0 Å². The molecule has 3 aliphatic rings. The normalized spacial score (nSPS) is 41.1. The maximum atomic E-state index is 12.7. The summed E-state index contributed by atoms with van der Waals surface area (Å²) in [5.41, 5.74) is 6.28. The summed E-state index contributed by atoms with van der Waals surface area (Å²) in [4.78, 5) is 17.2. The summed E-state index contributed by atoms with van der Waals surface area (Å²) in [6.07, 6.45) is 7.32. The monoisotopic (exact) mass is 293 g/mol. The van der Waals surface area contributed by atoms with Crippen molar-refractivity contribution in [2.24, 2.45) is 17.6 Å². The molecule has 0 bridgehead atoms. The maximum absolute atomic E-state index is 12.7. The molecule has 120 valence electrons. The van der Waals surface area contributed by atoms with E-state index in [9.17, 15) is 4.79 Å². The first-order chi connectivity index (χ1) is 10.1. The molecule has 1 saturated carbocycles. The second-order valence-electron chi connectivity index (χ2n) is 7.64. The van der Waals surface area contributed by atoms with Crippen LogP contribution in [0.5, 0.6) is 0 Å². The van der Waals surface area contributed by atoms with Crippen molar-refractivity contribution >= 4 is 5.91 Å². The number of carbonyl (C=O) groups excluding carboxylic acids is 1. The zero-order chi connectivity index (χ0) is 15.0. The number of amides is 1. The van der Waals surface area contributed by atoms with E-state index in [0.29, 0.717) is 36.5 Å². The lowest BCUT2D eigenvalue weighted by Gasteiger charge is -2.39. The number of nitrogens with two attached hydrogens (primary N) is 1. The molecule has 4 nitrogen and oxygen atoms in total. The highest BCUT2D eigenvalue weighted by Gasteiger charge is 2.40. The van der Waals surface area contributed by atoms with Crippen molar-refractivity contribution < 1.29 is 4.79 Å². The van der Waals surface area contributed by atoms with Crippen molar-refractivity contribution in [3.05, 3.63) is 0 Å². The standard InChI is InChI=1S/C17H31N3O/c1-12-5-3-6-13(2)20(12)17(21)11-19-9-14-7-4-8-16(18)15(14)10-19/h12-16H,3-11,18H2,1-2H3. The van der Waals surface area contributed by atoms with Crippen molar-refractivity contribution in [3.8, 4) is 0 Å². The number of carbonyl (C=O) groups is 1. The van der Waals surface area contributed by atoms with Gasteiger partial charge >= 0.3 is 0 Å². The minimum absolute atomic E-state index is 0.335.